The van der Waals surface area contributed by atoms with Gasteiger partial charge in [-0.1, -0.05) is 18.2 Å². The molecule has 0 spiro atoms. The topological polar surface area (TPSA) is 23.4 Å². The summed E-state index contributed by atoms with van der Waals surface area (Å²) in [5.74, 6) is -0.392. The summed E-state index contributed by atoms with van der Waals surface area (Å²) in [6, 6.07) is 10.4. The van der Waals surface area contributed by atoms with E-state index in [4.69, 9.17) is 0 Å². The molecule has 0 atom stereocenters. The largest absolute Gasteiger partial charge is 0.367 e. The molecule has 6 heteroatoms. The average Bonchev–Trinajstić information content (AvgIpc) is 3.36. The molecule has 3 aliphatic rings. The molecule has 4 heterocycles. The van der Waals surface area contributed by atoms with Crippen molar-refractivity contribution in [2.45, 2.75) is 19.5 Å². The molecular formula is C25H24F2N4. The maximum Gasteiger partial charge on any atom is 0.146 e. The third-order valence-electron chi connectivity index (χ3n) is 6.55. The molecule has 1 N–H and O–H groups in total. The van der Waals surface area contributed by atoms with Gasteiger partial charge in [-0.3, -0.25) is 0 Å². The molecule has 0 radical (unpaired) electrons. The number of hydrogen-bond acceptors (Lipinski definition) is 3. The second-order valence-electron chi connectivity index (χ2n) is 8.50. The van der Waals surface area contributed by atoms with Crippen LogP contribution in [0.2, 0.25) is 0 Å². The van der Waals surface area contributed by atoms with Gasteiger partial charge in [0.25, 0.3) is 0 Å². The van der Waals surface area contributed by atoms with E-state index in [0.29, 0.717) is 12.2 Å². The molecule has 0 unspecified atom stereocenters. The van der Waals surface area contributed by atoms with Gasteiger partial charge in [-0.25, -0.2) is 8.78 Å². The Bertz CT molecular complexity index is 1170. The molecule has 6 rings (SSSR count). The summed E-state index contributed by atoms with van der Waals surface area (Å²) in [4.78, 5) is 4.41. The van der Waals surface area contributed by atoms with E-state index in [-0.39, 0.29) is 11.6 Å². The summed E-state index contributed by atoms with van der Waals surface area (Å²) >= 11 is 0. The molecule has 0 aliphatic carbocycles. The van der Waals surface area contributed by atoms with Gasteiger partial charge in [0.1, 0.15) is 11.6 Å². The van der Waals surface area contributed by atoms with Gasteiger partial charge in [0, 0.05) is 57.6 Å². The van der Waals surface area contributed by atoms with Crippen LogP contribution in [-0.2, 0) is 19.5 Å². The van der Waals surface area contributed by atoms with Gasteiger partial charge < -0.3 is 19.7 Å². The first-order valence-corrected chi connectivity index (χ1v) is 10.9. The summed E-state index contributed by atoms with van der Waals surface area (Å²) in [5, 5.41) is 3.33. The standard InChI is InChI=1S/C25H24F2N4/c26-20-5-3-17(4-6-20)15-31-23-14-24(29-10-7-28-8-11-29)21(27)13-18(23)12-19-16-30-9-1-2-22(30)25(19)31/h1-6,13-14,16,28H,7-12,15H2. The Balaban J connectivity index is 1.48. The Morgan fingerprint density at radius 3 is 2.55 bits per heavy atom. The number of nitrogens with one attached hydrogen (secondary N) is 1. The van der Waals surface area contributed by atoms with Gasteiger partial charge in [-0.2, -0.15) is 0 Å². The highest BCUT2D eigenvalue weighted by Gasteiger charge is 2.31. The maximum atomic E-state index is 15.2. The number of fused-ring (bicyclic) bond motifs is 4. The minimum atomic E-state index is -0.237. The van der Waals surface area contributed by atoms with Crippen molar-refractivity contribution in [3.8, 4) is 0 Å². The monoisotopic (exact) mass is 418 g/mol. The smallest absolute Gasteiger partial charge is 0.146 e. The number of hydrogen-bond donors (Lipinski definition) is 1. The second kappa shape index (κ2) is 7.24. The normalized spacial score (nSPS) is 17.0. The molecule has 4 nitrogen and oxygen atoms in total. The highest BCUT2D eigenvalue weighted by molar-refractivity contribution is 5.83. The fourth-order valence-corrected chi connectivity index (χ4v) is 5.06. The molecule has 2 aromatic carbocycles. The molecule has 0 saturated carbocycles. The lowest BCUT2D eigenvalue weighted by Crippen LogP contribution is -2.44. The van der Waals surface area contributed by atoms with E-state index < -0.39 is 0 Å². The summed E-state index contributed by atoms with van der Waals surface area (Å²) < 4.78 is 30.9. The van der Waals surface area contributed by atoms with Crippen LogP contribution in [0.1, 0.15) is 22.4 Å². The van der Waals surface area contributed by atoms with Crippen molar-refractivity contribution in [2.24, 2.45) is 0 Å². The molecule has 158 valence electrons. The Morgan fingerprint density at radius 2 is 1.74 bits per heavy atom. The van der Waals surface area contributed by atoms with E-state index in [9.17, 15) is 4.39 Å². The number of benzene rings is 2. The maximum absolute atomic E-state index is 15.2. The quantitative estimate of drug-likeness (QED) is 0.680. The lowest BCUT2D eigenvalue weighted by molar-refractivity contribution is 0.565. The zero-order valence-corrected chi connectivity index (χ0v) is 17.2. The minimum absolute atomic E-state index is 0.155. The van der Waals surface area contributed by atoms with Gasteiger partial charge in [0.2, 0.25) is 0 Å². The number of nitrogens with zero attached hydrogens (tertiary/aromatic N) is 3. The first-order chi connectivity index (χ1) is 15.2. The molecular weight excluding hydrogens is 394 g/mol. The number of halogens is 2. The zero-order valence-electron chi connectivity index (χ0n) is 17.2. The summed E-state index contributed by atoms with van der Waals surface area (Å²) in [6.45, 7) is 4.78. The van der Waals surface area contributed by atoms with E-state index in [1.165, 1.54) is 29.1 Å². The van der Waals surface area contributed by atoms with Crippen LogP contribution in [0.3, 0.4) is 0 Å². The van der Waals surface area contributed by atoms with E-state index >= 15 is 4.39 Å². The van der Waals surface area contributed by atoms with Crippen molar-refractivity contribution in [1.29, 1.82) is 0 Å². The van der Waals surface area contributed by atoms with E-state index in [0.717, 1.165) is 56.0 Å². The predicted molar refractivity (Wildman–Crippen MR) is 120 cm³/mol. The van der Waals surface area contributed by atoms with Crippen LogP contribution < -0.4 is 15.1 Å². The number of allylic oxidation sites excluding steroid dienone is 1. The van der Waals surface area contributed by atoms with Gasteiger partial charge in [-0.15, -0.1) is 0 Å². The first kappa shape index (κ1) is 18.6. The van der Waals surface area contributed by atoms with E-state index in [1.807, 2.05) is 18.2 Å². The molecule has 3 aromatic rings. The Hall–Kier alpha value is -3.12. The van der Waals surface area contributed by atoms with Crippen molar-refractivity contribution in [3.63, 3.8) is 0 Å². The number of anilines is 3. The molecule has 0 amide bonds. The first-order valence-electron chi connectivity index (χ1n) is 10.9. The highest BCUT2D eigenvalue weighted by atomic mass is 19.1. The Morgan fingerprint density at radius 1 is 0.935 bits per heavy atom. The third-order valence-corrected chi connectivity index (χ3v) is 6.55. The van der Waals surface area contributed by atoms with Crippen molar-refractivity contribution >= 4 is 23.1 Å². The van der Waals surface area contributed by atoms with Gasteiger partial charge >= 0.3 is 0 Å². The number of rotatable bonds is 3. The van der Waals surface area contributed by atoms with Crippen LogP contribution in [0.15, 0.2) is 48.7 Å². The van der Waals surface area contributed by atoms with Crippen molar-refractivity contribution in [3.05, 3.63) is 82.7 Å². The Kier molecular flexibility index (Phi) is 4.35. The highest BCUT2D eigenvalue weighted by Crippen LogP contribution is 2.46. The van der Waals surface area contributed by atoms with E-state index in [1.54, 1.807) is 6.07 Å². The van der Waals surface area contributed by atoms with E-state index in [2.05, 4.69) is 38.0 Å². The van der Waals surface area contributed by atoms with Crippen LogP contribution in [0.4, 0.5) is 25.8 Å². The van der Waals surface area contributed by atoms with Gasteiger partial charge in [0.05, 0.1) is 17.1 Å². The van der Waals surface area contributed by atoms with Crippen LogP contribution >= 0.6 is 0 Å². The lowest BCUT2D eigenvalue weighted by Gasteiger charge is -2.35. The van der Waals surface area contributed by atoms with Crippen LogP contribution in [0.25, 0.3) is 6.08 Å². The fraction of sp³-hybridized carbons (Fsp3) is 0.280. The molecule has 3 aliphatic heterocycles. The fourth-order valence-electron chi connectivity index (χ4n) is 5.06. The van der Waals surface area contributed by atoms with Gasteiger partial charge in [0.15, 0.2) is 0 Å². The summed E-state index contributed by atoms with van der Waals surface area (Å²) in [6.07, 6.45) is 7.24. The van der Waals surface area contributed by atoms with Crippen LogP contribution in [0.5, 0.6) is 0 Å². The number of aromatic nitrogens is 1. The molecule has 0 bridgehead atoms. The Labute approximate surface area is 180 Å². The van der Waals surface area contributed by atoms with Crippen molar-refractivity contribution < 1.29 is 8.78 Å². The second-order valence-corrected chi connectivity index (χ2v) is 8.50. The summed E-state index contributed by atoms with van der Waals surface area (Å²) in [5.41, 5.74) is 7.32. The van der Waals surface area contributed by atoms with Crippen LogP contribution in [0, 0.1) is 11.6 Å². The van der Waals surface area contributed by atoms with Gasteiger partial charge in [-0.05, 0) is 47.0 Å². The molecule has 31 heavy (non-hydrogen) atoms. The van der Waals surface area contributed by atoms with Crippen molar-refractivity contribution in [2.75, 3.05) is 36.0 Å². The number of piperazine rings is 1. The van der Waals surface area contributed by atoms with Crippen molar-refractivity contribution in [1.82, 2.24) is 9.88 Å². The third kappa shape index (κ3) is 3.13. The average molecular weight is 418 g/mol. The zero-order chi connectivity index (χ0) is 20.9. The molecule has 1 aromatic heterocycles. The molecule has 1 saturated heterocycles. The minimum Gasteiger partial charge on any atom is -0.367 e. The summed E-state index contributed by atoms with van der Waals surface area (Å²) in [7, 11) is 0. The molecule has 1 fully saturated rings. The SMILES string of the molecule is Fc1ccc(CN2c3cc(N4CCNCC4)c(F)cc3Cc3cn4c(c32)C=CC4)cc1. The predicted octanol–water partition coefficient (Wildman–Crippen LogP) is 4.45. The lowest BCUT2D eigenvalue weighted by atomic mass is 9.95. The van der Waals surface area contributed by atoms with Crippen LogP contribution in [-0.4, -0.2) is 30.7 Å².